The average Bonchev–Trinajstić information content (AvgIpc) is 3.61. The number of non-ortho nitro benzene ring substituents is 1. The number of nitro groups is 1. The quantitative estimate of drug-likeness (QED) is 0.104. The highest BCUT2D eigenvalue weighted by Crippen LogP contribution is 2.42. The van der Waals surface area contributed by atoms with Crippen LogP contribution in [0.3, 0.4) is 0 Å². The first-order valence-electron chi connectivity index (χ1n) is 13.4. The van der Waals surface area contributed by atoms with Gasteiger partial charge in [-0.2, -0.15) is 0 Å². The summed E-state index contributed by atoms with van der Waals surface area (Å²) in [6.07, 6.45) is 0. The van der Waals surface area contributed by atoms with Gasteiger partial charge in [-0.3, -0.25) is 28.5 Å². The lowest BCUT2D eigenvalue weighted by molar-refractivity contribution is -0.383. The van der Waals surface area contributed by atoms with Gasteiger partial charge >= 0.3 is 0 Å². The molecular formula is C28H18N8O8S2. The standard InChI is InChI=1S/C28H18N8O8S2/c1-30-45(41,42)11-3-5-16-18(7-11)34-26(33-16)14-10-20(36(39)40)24-22-13(9-15(29)23(21(14)22)27(34)37)25-32-17-6-4-12(46(43,44)31-2)8-19(17)35(25)28(24)38/h3-10,30-31H,29H2,1-2H3. The number of imidazole rings is 2. The molecule has 8 aromatic rings. The molecule has 0 radical (unpaired) electrons. The van der Waals surface area contributed by atoms with Crippen LogP contribution in [0.1, 0.15) is 0 Å². The fourth-order valence-electron chi connectivity index (χ4n) is 6.26. The van der Waals surface area contributed by atoms with E-state index in [0.29, 0.717) is 0 Å². The van der Waals surface area contributed by atoms with Gasteiger partial charge in [0.05, 0.1) is 42.2 Å². The van der Waals surface area contributed by atoms with Gasteiger partial charge in [-0.15, -0.1) is 0 Å². The van der Waals surface area contributed by atoms with E-state index in [1.165, 1.54) is 56.6 Å². The van der Waals surface area contributed by atoms with Gasteiger partial charge in [0.25, 0.3) is 16.8 Å². The van der Waals surface area contributed by atoms with Gasteiger partial charge in [0, 0.05) is 33.3 Å². The molecule has 4 aromatic carbocycles. The highest BCUT2D eigenvalue weighted by Gasteiger charge is 2.30. The summed E-state index contributed by atoms with van der Waals surface area (Å²) in [7, 11) is -5.35. The van der Waals surface area contributed by atoms with Crippen molar-refractivity contribution in [3.8, 4) is 0 Å². The van der Waals surface area contributed by atoms with Gasteiger partial charge in [-0.1, -0.05) is 0 Å². The monoisotopic (exact) mass is 658 g/mol. The molecule has 230 valence electrons. The van der Waals surface area contributed by atoms with Crippen molar-refractivity contribution in [2.45, 2.75) is 9.79 Å². The van der Waals surface area contributed by atoms with Crippen LogP contribution in [-0.4, -0.2) is 54.6 Å². The molecule has 4 heterocycles. The Morgan fingerprint density at radius 1 is 0.717 bits per heavy atom. The maximum absolute atomic E-state index is 14.2. The Kier molecular flexibility index (Phi) is 5.34. The number of hydrogen-bond donors (Lipinski definition) is 3. The molecule has 18 heteroatoms. The topological polar surface area (TPSA) is 230 Å². The number of benzene rings is 4. The van der Waals surface area contributed by atoms with Crippen LogP contribution in [0.5, 0.6) is 0 Å². The molecule has 4 N–H and O–H groups in total. The van der Waals surface area contributed by atoms with Crippen LogP contribution in [0.25, 0.3) is 65.7 Å². The molecule has 4 aromatic heterocycles. The first kappa shape index (κ1) is 28.0. The van der Waals surface area contributed by atoms with Crippen LogP contribution in [0.15, 0.2) is 67.9 Å². The van der Waals surface area contributed by atoms with E-state index in [4.69, 9.17) is 5.73 Å². The number of nitrogens with one attached hydrogen (secondary N) is 2. The fourth-order valence-corrected chi connectivity index (χ4v) is 7.76. The molecule has 0 bridgehead atoms. The number of anilines is 1. The summed E-state index contributed by atoms with van der Waals surface area (Å²) in [6.45, 7) is 0. The van der Waals surface area contributed by atoms with Crippen LogP contribution in [0.2, 0.25) is 0 Å². The molecular weight excluding hydrogens is 640 g/mol. The maximum Gasteiger partial charge on any atom is 0.283 e. The predicted molar refractivity (Wildman–Crippen MR) is 170 cm³/mol. The largest absolute Gasteiger partial charge is 0.398 e. The molecule has 8 rings (SSSR count). The maximum atomic E-state index is 14.2. The number of pyridine rings is 2. The summed E-state index contributed by atoms with van der Waals surface area (Å²) in [5.41, 5.74) is 5.08. The van der Waals surface area contributed by atoms with E-state index in [2.05, 4.69) is 19.4 Å². The molecule has 0 saturated carbocycles. The Hall–Kier alpha value is -5.56. The zero-order valence-corrected chi connectivity index (χ0v) is 25.1. The average molecular weight is 659 g/mol. The first-order chi connectivity index (χ1) is 21.8. The van der Waals surface area contributed by atoms with E-state index in [1.807, 2.05) is 0 Å². The number of aromatic nitrogens is 4. The zero-order chi connectivity index (χ0) is 32.6. The zero-order valence-electron chi connectivity index (χ0n) is 23.5. The summed E-state index contributed by atoms with van der Waals surface area (Å²) in [5, 5.41) is 12.7. The minimum Gasteiger partial charge on any atom is -0.398 e. The molecule has 0 aliphatic rings. The van der Waals surface area contributed by atoms with Crippen molar-refractivity contribution in [2.24, 2.45) is 0 Å². The van der Waals surface area contributed by atoms with Crippen molar-refractivity contribution in [3.63, 3.8) is 0 Å². The first-order valence-corrected chi connectivity index (χ1v) is 16.4. The SMILES string of the molecule is CNS(=O)(=O)c1ccc2nc3c4cc([N+](=O)[O-])c5c(=O)n6c7cc(S(=O)(=O)NC)ccc7nc6c6cc(N)c(c(=O)n3c2c1)c4c56. The molecule has 0 spiro atoms. The third-order valence-corrected chi connectivity index (χ3v) is 11.2. The van der Waals surface area contributed by atoms with Crippen LogP contribution in [0.4, 0.5) is 11.4 Å². The summed E-state index contributed by atoms with van der Waals surface area (Å²) < 4.78 is 56.8. The van der Waals surface area contributed by atoms with Crippen LogP contribution in [0, 0.1) is 10.1 Å². The van der Waals surface area contributed by atoms with Crippen molar-refractivity contribution >= 4 is 97.1 Å². The fraction of sp³-hybridized carbons (Fsp3) is 0.0714. The van der Waals surface area contributed by atoms with Crippen LogP contribution in [-0.2, 0) is 20.0 Å². The Morgan fingerprint density at radius 3 is 1.65 bits per heavy atom. The third kappa shape index (κ3) is 3.37. The van der Waals surface area contributed by atoms with E-state index >= 15 is 0 Å². The Balaban J connectivity index is 1.64. The lowest BCUT2D eigenvalue weighted by Gasteiger charge is -2.14. The molecule has 0 aliphatic heterocycles. The number of nitrogens with zero attached hydrogens (tertiary/aromatic N) is 5. The van der Waals surface area contributed by atoms with E-state index in [1.54, 1.807) is 0 Å². The highest BCUT2D eigenvalue weighted by molar-refractivity contribution is 7.89. The number of rotatable bonds is 5. The van der Waals surface area contributed by atoms with Crippen molar-refractivity contribution in [3.05, 3.63) is 79.4 Å². The van der Waals surface area contributed by atoms with Gasteiger partial charge in [-0.05, 0) is 56.6 Å². The van der Waals surface area contributed by atoms with Crippen molar-refractivity contribution in [1.82, 2.24) is 28.2 Å². The van der Waals surface area contributed by atoms with Gasteiger partial charge in [0.15, 0.2) is 0 Å². The Morgan fingerprint density at radius 2 is 1.17 bits per heavy atom. The van der Waals surface area contributed by atoms with E-state index in [0.717, 1.165) is 14.9 Å². The molecule has 0 unspecified atom stereocenters. The second-order valence-electron chi connectivity index (χ2n) is 10.6. The molecule has 0 atom stereocenters. The summed E-state index contributed by atoms with van der Waals surface area (Å²) >= 11 is 0. The van der Waals surface area contributed by atoms with E-state index < -0.39 is 41.8 Å². The number of hydrogen-bond acceptors (Lipinski definition) is 11. The molecule has 16 nitrogen and oxygen atoms in total. The smallest absolute Gasteiger partial charge is 0.283 e. The van der Waals surface area contributed by atoms with Gasteiger partial charge in [0.2, 0.25) is 20.0 Å². The van der Waals surface area contributed by atoms with Crippen molar-refractivity contribution < 1.29 is 21.8 Å². The van der Waals surface area contributed by atoms with Gasteiger partial charge in [0.1, 0.15) is 16.7 Å². The number of sulfonamides is 2. The van der Waals surface area contributed by atoms with Crippen molar-refractivity contribution in [1.29, 1.82) is 0 Å². The van der Waals surface area contributed by atoms with Crippen LogP contribution >= 0.6 is 0 Å². The summed E-state index contributed by atoms with van der Waals surface area (Å²) in [4.78, 5) is 49.0. The van der Waals surface area contributed by atoms with E-state index in [9.17, 15) is 36.5 Å². The lowest BCUT2D eigenvalue weighted by Crippen LogP contribution is -2.20. The minimum absolute atomic E-state index is 0.00820. The minimum atomic E-state index is -3.92. The summed E-state index contributed by atoms with van der Waals surface area (Å²) in [5.74, 6) is 0. The second kappa shape index (κ2) is 8.79. The third-order valence-electron chi connectivity index (χ3n) is 8.34. The van der Waals surface area contributed by atoms with Crippen molar-refractivity contribution in [2.75, 3.05) is 19.8 Å². The summed E-state index contributed by atoms with van der Waals surface area (Å²) in [6, 6.07) is 10.5. The molecule has 0 amide bonds. The molecule has 0 saturated heterocycles. The Bertz CT molecular complexity index is 3060. The predicted octanol–water partition coefficient (Wildman–Crippen LogP) is 1.65. The number of fused-ring (bicyclic) bond motifs is 8. The molecule has 0 fully saturated rings. The number of nitro benzene ring substituents is 1. The number of nitrogen functional groups attached to an aromatic ring is 1. The van der Waals surface area contributed by atoms with Gasteiger partial charge in [-0.25, -0.2) is 36.2 Å². The molecule has 46 heavy (non-hydrogen) atoms. The molecule has 0 aliphatic carbocycles. The van der Waals surface area contributed by atoms with Gasteiger partial charge < -0.3 is 5.73 Å². The number of nitrogens with two attached hydrogens (primary N) is 1. The normalized spacial score (nSPS) is 13.1. The van der Waals surface area contributed by atoms with E-state index in [-0.39, 0.29) is 81.2 Å². The highest BCUT2D eigenvalue weighted by atomic mass is 32.2. The Labute approximate surface area is 255 Å². The lowest BCUT2D eigenvalue weighted by atomic mass is 9.94. The van der Waals surface area contributed by atoms with Crippen LogP contribution < -0.4 is 26.3 Å². The second-order valence-corrected chi connectivity index (χ2v) is 14.4.